The van der Waals surface area contributed by atoms with Gasteiger partial charge in [0.25, 0.3) is 0 Å². The number of thiazole rings is 1. The van der Waals surface area contributed by atoms with E-state index >= 15 is 0 Å². The number of aliphatic hydroxyl groups excluding tert-OH is 1. The Morgan fingerprint density at radius 2 is 2.17 bits per heavy atom. The van der Waals surface area contributed by atoms with Gasteiger partial charge in [-0.25, -0.2) is 4.98 Å². The van der Waals surface area contributed by atoms with E-state index in [-0.39, 0.29) is 6.61 Å². The lowest BCUT2D eigenvalue weighted by atomic mass is 10.0. The quantitative estimate of drug-likeness (QED) is 0.905. The molecule has 0 aliphatic heterocycles. The van der Waals surface area contributed by atoms with E-state index in [4.69, 9.17) is 0 Å². The zero-order chi connectivity index (χ0) is 13.3. The van der Waals surface area contributed by atoms with Crippen LogP contribution in [0.15, 0.2) is 11.6 Å². The number of hydrogen-bond acceptors (Lipinski definition) is 4. The average Bonchev–Trinajstić information content (AvgIpc) is 2.85. The van der Waals surface area contributed by atoms with Crippen LogP contribution in [0, 0.1) is 5.92 Å². The van der Waals surface area contributed by atoms with Gasteiger partial charge in [0, 0.05) is 24.7 Å². The Kier molecular flexibility index (Phi) is 3.92. The fourth-order valence-electron chi connectivity index (χ4n) is 2.30. The first-order valence-electron chi connectivity index (χ1n) is 6.32. The number of aromatic nitrogens is 2. The van der Waals surface area contributed by atoms with Crippen molar-refractivity contribution in [2.24, 2.45) is 5.92 Å². The largest absolute Gasteiger partial charge is 0.390 e. The third-order valence-corrected chi connectivity index (χ3v) is 4.05. The van der Waals surface area contributed by atoms with Crippen LogP contribution in [0.3, 0.4) is 0 Å². The van der Waals surface area contributed by atoms with E-state index < -0.39 is 0 Å². The summed E-state index contributed by atoms with van der Waals surface area (Å²) in [6.45, 7) is 6.67. The van der Waals surface area contributed by atoms with Gasteiger partial charge in [-0.2, -0.15) is 0 Å². The van der Waals surface area contributed by atoms with Crippen molar-refractivity contribution in [3.63, 3.8) is 0 Å². The first kappa shape index (κ1) is 13.4. The molecule has 2 rings (SSSR count). The summed E-state index contributed by atoms with van der Waals surface area (Å²) in [5.41, 5.74) is 0.879. The van der Waals surface area contributed by atoms with Crippen LogP contribution >= 0.6 is 11.3 Å². The fourth-order valence-corrected chi connectivity index (χ4v) is 3.03. The minimum atomic E-state index is 0.0198. The lowest BCUT2D eigenvalue weighted by Crippen LogP contribution is -2.31. The minimum Gasteiger partial charge on any atom is -0.390 e. The molecule has 2 aromatic heterocycles. The van der Waals surface area contributed by atoms with Crippen LogP contribution in [0.4, 0.5) is 5.82 Å². The molecule has 1 atom stereocenters. The van der Waals surface area contributed by atoms with Gasteiger partial charge in [-0.3, -0.25) is 4.40 Å². The van der Waals surface area contributed by atoms with E-state index in [9.17, 15) is 5.11 Å². The summed E-state index contributed by atoms with van der Waals surface area (Å²) < 4.78 is 1.97. The van der Waals surface area contributed by atoms with Crippen LogP contribution < -0.4 is 4.90 Å². The molecular formula is C13H21N3OS. The minimum absolute atomic E-state index is 0.0198. The zero-order valence-corrected chi connectivity index (χ0v) is 12.2. The van der Waals surface area contributed by atoms with Crippen molar-refractivity contribution in [2.75, 3.05) is 11.9 Å². The molecule has 5 heteroatoms. The number of fused-ring (bicyclic) bond motifs is 1. The Morgan fingerprint density at radius 1 is 1.44 bits per heavy atom. The van der Waals surface area contributed by atoms with Crippen molar-refractivity contribution in [3.8, 4) is 0 Å². The van der Waals surface area contributed by atoms with E-state index in [0.717, 1.165) is 22.9 Å². The van der Waals surface area contributed by atoms with Gasteiger partial charge in [0.15, 0.2) is 10.8 Å². The number of nitrogens with zero attached hydrogens (tertiary/aromatic N) is 3. The predicted molar refractivity (Wildman–Crippen MR) is 76.3 cm³/mol. The summed E-state index contributed by atoms with van der Waals surface area (Å²) in [7, 11) is 2.05. The number of rotatable bonds is 5. The van der Waals surface area contributed by atoms with Crippen LogP contribution in [-0.4, -0.2) is 27.6 Å². The molecule has 0 aliphatic rings. The summed E-state index contributed by atoms with van der Waals surface area (Å²) >= 11 is 1.59. The molecule has 4 nitrogen and oxygen atoms in total. The Balaban J connectivity index is 2.31. The predicted octanol–water partition coefficient (Wildman–Crippen LogP) is 2.76. The first-order chi connectivity index (χ1) is 8.54. The van der Waals surface area contributed by atoms with Gasteiger partial charge >= 0.3 is 0 Å². The standard InChI is InChI=1S/C13H21N3OS/c1-9(2)7-10(3)15(4)12-11(8-17)16-5-6-18-13(16)14-12/h5-6,9-10,17H,7-8H2,1-4H3. The fraction of sp³-hybridized carbons (Fsp3) is 0.615. The van der Waals surface area contributed by atoms with Crippen molar-refractivity contribution in [3.05, 3.63) is 17.3 Å². The van der Waals surface area contributed by atoms with E-state index in [2.05, 4.69) is 37.7 Å². The monoisotopic (exact) mass is 267 g/mol. The normalized spacial score (nSPS) is 13.4. The summed E-state index contributed by atoms with van der Waals surface area (Å²) in [6, 6.07) is 0.417. The molecule has 0 bridgehead atoms. The maximum Gasteiger partial charge on any atom is 0.195 e. The van der Waals surface area contributed by atoms with Gasteiger partial charge in [0.05, 0.1) is 12.3 Å². The molecule has 0 spiro atoms. The lowest BCUT2D eigenvalue weighted by Gasteiger charge is -2.27. The Hall–Kier alpha value is -1.07. The molecule has 0 aromatic carbocycles. The zero-order valence-electron chi connectivity index (χ0n) is 11.4. The van der Waals surface area contributed by atoms with E-state index in [0.29, 0.717) is 12.0 Å². The first-order valence-corrected chi connectivity index (χ1v) is 7.20. The Bertz CT molecular complexity index is 517. The summed E-state index contributed by atoms with van der Waals surface area (Å²) in [4.78, 5) is 7.73. The highest BCUT2D eigenvalue weighted by molar-refractivity contribution is 7.15. The summed E-state index contributed by atoms with van der Waals surface area (Å²) in [5.74, 6) is 1.56. The van der Waals surface area contributed by atoms with Crippen LogP contribution in [0.2, 0.25) is 0 Å². The smallest absolute Gasteiger partial charge is 0.195 e. The molecule has 2 aromatic rings. The van der Waals surface area contributed by atoms with Gasteiger partial charge in [-0.1, -0.05) is 13.8 Å². The highest BCUT2D eigenvalue weighted by Crippen LogP contribution is 2.26. The second-order valence-electron chi connectivity index (χ2n) is 5.19. The topological polar surface area (TPSA) is 40.8 Å². The molecule has 1 N–H and O–H groups in total. The van der Waals surface area contributed by atoms with Crippen molar-refractivity contribution in [1.82, 2.24) is 9.38 Å². The van der Waals surface area contributed by atoms with Crippen molar-refractivity contribution in [1.29, 1.82) is 0 Å². The van der Waals surface area contributed by atoms with Crippen LogP contribution in [0.25, 0.3) is 4.96 Å². The molecule has 0 saturated carbocycles. The highest BCUT2D eigenvalue weighted by atomic mass is 32.1. The highest BCUT2D eigenvalue weighted by Gasteiger charge is 2.20. The molecule has 0 radical (unpaired) electrons. The van der Waals surface area contributed by atoms with Crippen LogP contribution in [0.1, 0.15) is 32.9 Å². The Labute approximate surface area is 112 Å². The van der Waals surface area contributed by atoms with Crippen molar-refractivity contribution < 1.29 is 5.11 Å². The average molecular weight is 267 g/mol. The van der Waals surface area contributed by atoms with Crippen molar-refractivity contribution >= 4 is 22.1 Å². The van der Waals surface area contributed by atoms with Gasteiger partial charge in [-0.05, 0) is 19.3 Å². The number of aliphatic hydroxyl groups is 1. The maximum atomic E-state index is 9.55. The van der Waals surface area contributed by atoms with Gasteiger partial charge in [-0.15, -0.1) is 11.3 Å². The third kappa shape index (κ3) is 2.37. The van der Waals surface area contributed by atoms with Gasteiger partial charge in [0.1, 0.15) is 0 Å². The van der Waals surface area contributed by atoms with Crippen LogP contribution in [0.5, 0.6) is 0 Å². The molecule has 1 unspecified atom stereocenters. The second-order valence-corrected chi connectivity index (χ2v) is 6.06. The summed E-state index contributed by atoms with van der Waals surface area (Å²) in [5, 5.41) is 11.5. The molecule has 0 fully saturated rings. The van der Waals surface area contributed by atoms with Crippen LogP contribution in [-0.2, 0) is 6.61 Å². The second kappa shape index (κ2) is 5.28. The molecule has 0 aliphatic carbocycles. The Morgan fingerprint density at radius 3 is 2.78 bits per heavy atom. The summed E-state index contributed by atoms with van der Waals surface area (Å²) in [6.07, 6.45) is 3.08. The van der Waals surface area contributed by atoms with Gasteiger partial charge < -0.3 is 10.0 Å². The van der Waals surface area contributed by atoms with E-state index in [1.807, 2.05) is 16.0 Å². The van der Waals surface area contributed by atoms with E-state index in [1.54, 1.807) is 11.3 Å². The molecule has 0 saturated heterocycles. The SMILES string of the molecule is CC(C)CC(C)N(C)c1nc2sccn2c1CO. The molecule has 100 valence electrons. The number of hydrogen-bond donors (Lipinski definition) is 1. The molecule has 0 amide bonds. The van der Waals surface area contributed by atoms with Crippen molar-refractivity contribution in [2.45, 2.75) is 39.8 Å². The number of anilines is 1. The maximum absolute atomic E-state index is 9.55. The number of imidazole rings is 1. The lowest BCUT2D eigenvalue weighted by molar-refractivity contribution is 0.276. The van der Waals surface area contributed by atoms with E-state index in [1.165, 1.54) is 0 Å². The molecule has 2 heterocycles. The van der Waals surface area contributed by atoms with Gasteiger partial charge in [0.2, 0.25) is 0 Å². The molecule has 18 heavy (non-hydrogen) atoms. The molecular weight excluding hydrogens is 246 g/mol. The third-order valence-electron chi connectivity index (χ3n) is 3.30.